The van der Waals surface area contributed by atoms with E-state index in [2.05, 4.69) is 29.5 Å². The fourth-order valence-corrected chi connectivity index (χ4v) is 3.94. The van der Waals surface area contributed by atoms with E-state index >= 15 is 0 Å². The Labute approximate surface area is 196 Å². The standard InChI is InChI=1S/C24H22Cl2N4O2/c1-13-7-15(3)24-18(8-13)14(2)9-21(28-24)30-22(10-16(4)29-30)27-23(31)12-32-20-11-17(25)5-6-19(20)26/h5-11H,12H2,1-4H3,(H,27,31). The molecular weight excluding hydrogens is 447 g/mol. The van der Waals surface area contributed by atoms with Gasteiger partial charge in [-0.1, -0.05) is 34.8 Å². The third kappa shape index (κ3) is 4.56. The lowest BCUT2D eigenvalue weighted by Crippen LogP contribution is -2.22. The van der Waals surface area contributed by atoms with Crippen LogP contribution >= 0.6 is 23.2 Å². The first-order valence-electron chi connectivity index (χ1n) is 10.0. The highest BCUT2D eigenvalue weighted by Crippen LogP contribution is 2.28. The Kier molecular flexibility index (Phi) is 6.09. The Morgan fingerprint density at radius 1 is 1.03 bits per heavy atom. The highest BCUT2D eigenvalue weighted by Gasteiger charge is 2.15. The van der Waals surface area contributed by atoms with Gasteiger partial charge >= 0.3 is 0 Å². The fourth-order valence-electron chi connectivity index (χ4n) is 3.61. The summed E-state index contributed by atoms with van der Waals surface area (Å²) in [7, 11) is 0. The number of rotatable bonds is 5. The van der Waals surface area contributed by atoms with E-state index in [9.17, 15) is 4.79 Å². The van der Waals surface area contributed by atoms with Crippen LogP contribution in [0.25, 0.3) is 16.7 Å². The van der Waals surface area contributed by atoms with Crippen molar-refractivity contribution in [3.8, 4) is 11.6 Å². The average molecular weight is 469 g/mol. The van der Waals surface area contributed by atoms with Crippen molar-refractivity contribution in [2.24, 2.45) is 0 Å². The summed E-state index contributed by atoms with van der Waals surface area (Å²) in [5.41, 5.74) is 5.02. The number of carbonyl (C=O) groups is 1. The van der Waals surface area contributed by atoms with Crippen molar-refractivity contribution in [3.05, 3.63) is 74.9 Å². The summed E-state index contributed by atoms with van der Waals surface area (Å²) in [5.74, 6) is 1.12. The number of amides is 1. The predicted molar refractivity (Wildman–Crippen MR) is 128 cm³/mol. The molecule has 4 rings (SSSR count). The molecule has 0 fully saturated rings. The highest BCUT2D eigenvalue weighted by molar-refractivity contribution is 6.34. The number of hydrogen-bond acceptors (Lipinski definition) is 4. The monoisotopic (exact) mass is 468 g/mol. The molecular formula is C24H22Cl2N4O2. The molecule has 8 heteroatoms. The lowest BCUT2D eigenvalue weighted by Gasteiger charge is -2.13. The number of anilines is 1. The van der Waals surface area contributed by atoms with E-state index in [0.717, 1.165) is 27.7 Å². The van der Waals surface area contributed by atoms with Gasteiger partial charge in [-0.3, -0.25) is 4.79 Å². The number of carbonyl (C=O) groups excluding carboxylic acids is 1. The molecule has 2 heterocycles. The maximum Gasteiger partial charge on any atom is 0.263 e. The first-order valence-corrected chi connectivity index (χ1v) is 10.8. The molecule has 0 saturated heterocycles. The Balaban J connectivity index is 1.60. The van der Waals surface area contributed by atoms with Gasteiger partial charge in [0.05, 0.1) is 16.2 Å². The van der Waals surface area contributed by atoms with Crippen molar-refractivity contribution in [1.82, 2.24) is 14.8 Å². The lowest BCUT2D eigenvalue weighted by atomic mass is 10.0. The van der Waals surface area contributed by atoms with E-state index in [-0.39, 0.29) is 12.5 Å². The van der Waals surface area contributed by atoms with Gasteiger partial charge in [0, 0.05) is 22.5 Å². The van der Waals surface area contributed by atoms with Crippen LogP contribution in [0.3, 0.4) is 0 Å². The van der Waals surface area contributed by atoms with Crippen LogP contribution in [0.5, 0.6) is 5.75 Å². The fraction of sp³-hybridized carbons (Fsp3) is 0.208. The zero-order valence-electron chi connectivity index (χ0n) is 18.2. The molecule has 4 aromatic rings. The minimum absolute atomic E-state index is 0.229. The molecule has 6 nitrogen and oxygen atoms in total. The van der Waals surface area contributed by atoms with Gasteiger partial charge in [-0.25, -0.2) is 4.98 Å². The van der Waals surface area contributed by atoms with Crippen molar-refractivity contribution in [2.75, 3.05) is 11.9 Å². The Hall–Kier alpha value is -3.09. The van der Waals surface area contributed by atoms with Crippen LogP contribution in [0.4, 0.5) is 5.82 Å². The number of nitrogens with one attached hydrogen (secondary N) is 1. The Bertz CT molecular complexity index is 1350. The molecule has 0 spiro atoms. The second-order valence-corrected chi connectivity index (χ2v) is 8.61. The molecule has 0 bridgehead atoms. The molecule has 0 atom stereocenters. The van der Waals surface area contributed by atoms with Crippen LogP contribution in [-0.2, 0) is 4.79 Å². The lowest BCUT2D eigenvalue weighted by molar-refractivity contribution is -0.118. The maximum absolute atomic E-state index is 12.6. The van der Waals surface area contributed by atoms with E-state index in [1.807, 2.05) is 26.8 Å². The maximum atomic E-state index is 12.6. The molecule has 2 aromatic heterocycles. The smallest absolute Gasteiger partial charge is 0.263 e. The minimum Gasteiger partial charge on any atom is -0.482 e. The van der Waals surface area contributed by atoms with Gasteiger partial charge in [0.15, 0.2) is 12.4 Å². The van der Waals surface area contributed by atoms with Crippen LogP contribution in [0, 0.1) is 27.7 Å². The van der Waals surface area contributed by atoms with Crippen LogP contribution < -0.4 is 10.1 Å². The summed E-state index contributed by atoms with van der Waals surface area (Å²) in [6, 6.07) is 12.8. The molecule has 2 aromatic carbocycles. The van der Waals surface area contributed by atoms with E-state index in [0.29, 0.717) is 27.4 Å². The van der Waals surface area contributed by atoms with Gasteiger partial charge in [-0.15, -0.1) is 0 Å². The molecule has 164 valence electrons. The van der Waals surface area contributed by atoms with Crippen molar-refractivity contribution in [2.45, 2.75) is 27.7 Å². The molecule has 32 heavy (non-hydrogen) atoms. The number of benzene rings is 2. The van der Waals surface area contributed by atoms with Crippen LogP contribution in [-0.4, -0.2) is 27.3 Å². The predicted octanol–water partition coefficient (Wildman–Crippen LogP) is 5.98. The molecule has 0 radical (unpaired) electrons. The highest BCUT2D eigenvalue weighted by atomic mass is 35.5. The average Bonchev–Trinajstić information content (AvgIpc) is 3.09. The third-order valence-corrected chi connectivity index (χ3v) is 5.56. The van der Waals surface area contributed by atoms with Crippen LogP contribution in [0.15, 0.2) is 42.5 Å². The first kappa shape index (κ1) is 22.1. The molecule has 1 amide bonds. The zero-order valence-corrected chi connectivity index (χ0v) is 19.7. The topological polar surface area (TPSA) is 69.0 Å². The molecule has 1 N–H and O–H groups in total. The molecule has 0 saturated carbocycles. The Morgan fingerprint density at radius 3 is 2.59 bits per heavy atom. The number of ether oxygens (including phenoxy) is 1. The van der Waals surface area contributed by atoms with Gasteiger partial charge < -0.3 is 10.1 Å². The van der Waals surface area contributed by atoms with Gasteiger partial charge in [0.25, 0.3) is 5.91 Å². The molecule has 0 unspecified atom stereocenters. The van der Waals surface area contributed by atoms with Crippen molar-refractivity contribution >= 4 is 45.8 Å². The number of aromatic nitrogens is 3. The van der Waals surface area contributed by atoms with Gasteiger partial charge in [-0.2, -0.15) is 9.78 Å². The number of hydrogen-bond donors (Lipinski definition) is 1. The van der Waals surface area contributed by atoms with Gasteiger partial charge in [0.1, 0.15) is 11.6 Å². The molecule has 0 aliphatic heterocycles. The largest absolute Gasteiger partial charge is 0.482 e. The number of aryl methyl sites for hydroxylation is 4. The number of fused-ring (bicyclic) bond motifs is 1. The quantitative estimate of drug-likeness (QED) is 0.391. The van der Waals surface area contributed by atoms with Crippen LogP contribution in [0.1, 0.15) is 22.4 Å². The van der Waals surface area contributed by atoms with E-state index in [1.165, 1.54) is 5.56 Å². The van der Waals surface area contributed by atoms with Crippen molar-refractivity contribution < 1.29 is 9.53 Å². The van der Waals surface area contributed by atoms with E-state index < -0.39 is 0 Å². The normalized spacial score (nSPS) is 11.1. The SMILES string of the molecule is Cc1cc(C)c2nc(-n3nc(C)cc3NC(=O)COc3cc(Cl)ccc3Cl)cc(C)c2c1. The molecule has 0 aliphatic carbocycles. The first-order chi connectivity index (χ1) is 15.2. The number of pyridine rings is 1. The van der Waals surface area contributed by atoms with Crippen molar-refractivity contribution in [3.63, 3.8) is 0 Å². The summed E-state index contributed by atoms with van der Waals surface area (Å²) in [4.78, 5) is 17.4. The second-order valence-electron chi connectivity index (χ2n) is 7.77. The number of nitrogens with zero attached hydrogens (tertiary/aromatic N) is 3. The molecule has 0 aliphatic rings. The van der Waals surface area contributed by atoms with E-state index in [4.69, 9.17) is 32.9 Å². The van der Waals surface area contributed by atoms with Gasteiger partial charge in [0.2, 0.25) is 0 Å². The Morgan fingerprint density at radius 2 is 1.81 bits per heavy atom. The summed E-state index contributed by atoms with van der Waals surface area (Å²) in [5, 5.41) is 9.34. The summed E-state index contributed by atoms with van der Waals surface area (Å²) < 4.78 is 7.16. The number of halogens is 2. The van der Waals surface area contributed by atoms with E-state index in [1.54, 1.807) is 28.9 Å². The van der Waals surface area contributed by atoms with Crippen molar-refractivity contribution in [1.29, 1.82) is 0 Å². The zero-order chi connectivity index (χ0) is 23.0. The van der Waals surface area contributed by atoms with Crippen LogP contribution in [0.2, 0.25) is 10.0 Å². The minimum atomic E-state index is -0.355. The summed E-state index contributed by atoms with van der Waals surface area (Å²) >= 11 is 12.1. The summed E-state index contributed by atoms with van der Waals surface area (Å²) in [6.45, 7) is 7.79. The third-order valence-electron chi connectivity index (χ3n) is 5.01. The second kappa shape index (κ2) is 8.81. The summed E-state index contributed by atoms with van der Waals surface area (Å²) in [6.07, 6.45) is 0. The van der Waals surface area contributed by atoms with Gasteiger partial charge in [-0.05, 0) is 63.1 Å².